The van der Waals surface area contributed by atoms with Gasteiger partial charge in [0, 0.05) is 137 Å². The van der Waals surface area contributed by atoms with Gasteiger partial charge >= 0.3 is 0 Å². The van der Waals surface area contributed by atoms with Crippen molar-refractivity contribution >= 4 is 0 Å². The number of pyridine rings is 5. The summed E-state index contributed by atoms with van der Waals surface area (Å²) in [5.74, 6) is -3.45. The maximum Gasteiger partial charge on any atom is 0.212 e. The molecule has 5 heteroatoms. The van der Waals surface area contributed by atoms with Crippen molar-refractivity contribution in [3.05, 3.63) is 385 Å². The zero-order chi connectivity index (χ0) is 127. The lowest BCUT2D eigenvalue weighted by molar-refractivity contribution is -0.661. The highest BCUT2D eigenvalue weighted by Gasteiger charge is 2.29. The first-order chi connectivity index (χ1) is 78.1. The van der Waals surface area contributed by atoms with Crippen LogP contribution >= 0.6 is 0 Å². The summed E-state index contributed by atoms with van der Waals surface area (Å²) in [5, 5.41) is 0. The molecule has 2 fully saturated rings. The number of benzene rings is 10. The van der Waals surface area contributed by atoms with Gasteiger partial charge in [0.15, 0.2) is 31.0 Å². The van der Waals surface area contributed by atoms with Crippen LogP contribution in [-0.2, 0) is 48.0 Å². The van der Waals surface area contributed by atoms with E-state index in [0.29, 0.717) is 104 Å². The van der Waals surface area contributed by atoms with E-state index in [9.17, 15) is 1.37 Å². The zero-order valence-corrected chi connectivity index (χ0v) is 80.2. The summed E-state index contributed by atoms with van der Waals surface area (Å²) in [6.07, 6.45) is 11.2. The lowest BCUT2D eigenvalue weighted by atomic mass is 9.82. The number of rotatable bonds is 16. The third-order valence-corrected chi connectivity index (χ3v) is 24.9. The number of aryl methyl sites for hydroxylation is 20. The summed E-state index contributed by atoms with van der Waals surface area (Å²) in [6.45, 7) is -2.21. The first-order valence-corrected chi connectivity index (χ1v) is 45.9. The fourth-order valence-corrected chi connectivity index (χ4v) is 18.0. The molecule has 133 heavy (non-hydrogen) atoms. The molecule has 0 unspecified atom stereocenters. The predicted molar refractivity (Wildman–Crippen MR) is 566 cm³/mol. The summed E-state index contributed by atoms with van der Waals surface area (Å²) in [7, 11) is 8.83. The monoisotopic (exact) mass is 1800 g/mol. The van der Waals surface area contributed by atoms with Crippen LogP contribution in [0.15, 0.2) is 274 Å². The quantitative estimate of drug-likeness (QED) is 0.0859. The van der Waals surface area contributed by atoms with Crippen LogP contribution in [0.25, 0.3) is 112 Å². The van der Waals surface area contributed by atoms with E-state index >= 15 is 0 Å². The van der Waals surface area contributed by atoms with Gasteiger partial charge in [0.1, 0.15) is 35.2 Å². The van der Waals surface area contributed by atoms with Gasteiger partial charge in [-0.2, -0.15) is 0 Å². The Kier molecular flexibility index (Phi) is 19.8. The molecule has 5 nitrogen and oxygen atoms in total. The van der Waals surface area contributed by atoms with Crippen LogP contribution in [0, 0.1) is 114 Å². The lowest BCUT2D eigenvalue weighted by Gasteiger charge is -2.23. The molecule has 684 valence electrons. The molecule has 0 radical (unpaired) electrons. The van der Waals surface area contributed by atoms with Crippen LogP contribution in [0.2, 0.25) is 0 Å². The number of hydrogen-bond donors (Lipinski definition) is 0. The highest BCUT2D eigenvalue weighted by molar-refractivity contribution is 5.81. The van der Waals surface area contributed by atoms with E-state index in [4.69, 9.17) is 49.3 Å². The highest BCUT2D eigenvalue weighted by atomic mass is 14.9. The summed E-state index contributed by atoms with van der Waals surface area (Å²) in [5.41, 5.74) is 20.8. The Balaban J connectivity index is 0.000000174. The standard InChI is InChI=1S/C27H32N.C26H30N.C26H32N.C25H30N.C24H28N/c1-19-15-20(2)26(16-24(19)22-11-7-5-8-12-22)27-17-25(21(3)18-28(27)4)23-13-9-6-10-14-23;1-18-14-19(2)25(15-23(18)21-10-6-5-7-11-21)26-16-24(20(3)17-27(26)4)22-12-8-9-13-22;1-18-13-19(2)24(15-23(18)21-11-9-8-10-12-21)25-14-22(16-26(4,5)6)20(3)17-27(25)7;1-17(2)12-22-14-25(26(6)16-20(22)5)24-15-23(18(3)13-19(24)4)21-10-8-7-9-11-21;1-16(2)21-14-24(25(6)15-19(21)5)23-13-22(17(3)12-18(23)4)20-10-8-7-9-11-20/h5,7-8,11-12,15-18,23H,6,9-10,13-14H2,1-4H3;5-7,10-11,14-17,22H,8-9,12-13H2,1-4H3;8-15,17H,16H2,1-7H3;7-11,13-17H,12H2,1-6H3;7-16H,1-6H3/q5*+1/i1D3,3D3,23D;1D3,3D3,22D;1D3,3D3,16D2;3D3,5D3,12D2;3D3,5D3,16D. The maximum atomic E-state index is 9.22. The van der Waals surface area contributed by atoms with Crippen LogP contribution in [0.1, 0.15) is 286 Å². The molecule has 2 saturated carbocycles. The summed E-state index contributed by atoms with van der Waals surface area (Å²) in [6, 6.07) is 73.2. The first-order valence-electron chi connectivity index (χ1n) is 64.4. The van der Waals surface area contributed by atoms with Gasteiger partial charge in [-0.25, -0.2) is 22.8 Å². The summed E-state index contributed by atoms with van der Waals surface area (Å²) >= 11 is 0. The molecule has 5 aromatic heterocycles. The second-order valence-corrected chi connectivity index (χ2v) is 37.0. The Morgan fingerprint density at radius 3 is 0.812 bits per heavy atom. The Bertz CT molecular complexity index is 8040. The maximum absolute atomic E-state index is 9.22. The van der Waals surface area contributed by atoms with Gasteiger partial charge in [-0.15, -0.1) is 0 Å². The minimum absolute atomic E-state index is 0.0301. The molecule has 2 aliphatic rings. The van der Waals surface area contributed by atoms with Crippen molar-refractivity contribution < 1.29 is 73.6 Å². The minimum atomic E-state index is -2.50. The van der Waals surface area contributed by atoms with E-state index in [0.717, 1.165) is 110 Å². The van der Waals surface area contributed by atoms with Crippen molar-refractivity contribution in [2.24, 2.45) is 46.6 Å². The summed E-state index contributed by atoms with van der Waals surface area (Å²) < 4.78 is 312. The minimum Gasteiger partial charge on any atom is -0.201 e. The number of nitrogens with zero attached hydrogens (tertiary/aromatic N) is 5. The molecule has 0 aliphatic heterocycles. The Morgan fingerprint density at radius 1 is 0.293 bits per heavy atom. The molecule has 0 atom stereocenters. The molecule has 0 N–H and O–H groups in total. The molecule has 0 saturated heterocycles. The largest absolute Gasteiger partial charge is 0.212 e. The SMILES string of the molecule is [2H]C([2H])([2H])c1cc(C)c(-c2cc(C([2H])(C)C)c(C([2H])([2H])[2H])c[n+]2C)cc1-c1ccccc1.[2H]C([2H])([2H])c1cc(C)c(-c2cc(C([2H])([2H])C(C)(C)C)c(C([2H])([2H])[2H])c[n+]2C)cc1-c1ccccc1.[2H]C([2H])([2H])c1cc(C)c(-c2cc(C([2H])([2H])C(C)C)c(C([2H])([2H])[2H])c[n+]2C)cc1-c1ccccc1.[2H]C([2H])([2H])c1cc(C)c(-c2cc(C3([2H])CCCC3)c(C([2H])([2H])[2H])c[n+]2C)cc1-c1ccccc1.[2H]C([2H])([2H])c1cc(C)c(-c2cc(C3([2H])CCCCC3)c(C([2H])([2H])[2H])c[n+]2C)cc1-c1ccccc1. The number of hydrogen-bond acceptors (Lipinski definition) is 0. The van der Waals surface area contributed by atoms with Crippen molar-refractivity contribution in [2.45, 2.75) is 240 Å². The lowest BCUT2D eigenvalue weighted by Crippen LogP contribution is -2.32. The Morgan fingerprint density at radius 2 is 0.541 bits per heavy atom. The van der Waals surface area contributed by atoms with Crippen LogP contribution in [0.4, 0.5) is 0 Å². The van der Waals surface area contributed by atoms with E-state index in [1.807, 2.05) is 236 Å². The van der Waals surface area contributed by atoms with Crippen LogP contribution in [0.5, 0.6) is 0 Å². The molecule has 0 bridgehead atoms. The topological polar surface area (TPSA) is 19.4 Å². The summed E-state index contributed by atoms with van der Waals surface area (Å²) in [4.78, 5) is 0. The smallest absolute Gasteiger partial charge is 0.201 e. The molecule has 15 aromatic rings. The van der Waals surface area contributed by atoms with E-state index in [1.165, 1.54) is 12.4 Å². The van der Waals surface area contributed by atoms with Crippen molar-refractivity contribution in [1.82, 2.24) is 0 Å². The van der Waals surface area contributed by atoms with Crippen molar-refractivity contribution in [3.8, 4) is 112 Å². The molecule has 0 amide bonds. The fraction of sp³-hybridized carbons (Fsp3) is 0.336. The van der Waals surface area contributed by atoms with Crippen molar-refractivity contribution in [2.75, 3.05) is 0 Å². The van der Waals surface area contributed by atoms with Crippen LogP contribution in [-0.4, -0.2) is 0 Å². The van der Waals surface area contributed by atoms with Gasteiger partial charge in [0.05, 0.1) is 0 Å². The fourth-order valence-electron chi connectivity index (χ4n) is 18.0. The van der Waals surface area contributed by atoms with E-state index in [2.05, 4.69) is 0 Å². The van der Waals surface area contributed by atoms with E-state index < -0.39 is 110 Å². The zero-order valence-electron chi connectivity index (χ0n) is 117. The van der Waals surface area contributed by atoms with Gasteiger partial charge < -0.3 is 0 Å². The average molecular weight is 1800 g/mol. The molecule has 17 rings (SSSR count). The molecule has 5 heterocycles. The van der Waals surface area contributed by atoms with E-state index in [1.54, 1.807) is 167 Å². The first kappa shape index (κ1) is 60.3. The Labute approximate surface area is 853 Å². The molecule has 10 aromatic carbocycles. The third-order valence-electron chi connectivity index (χ3n) is 24.9. The van der Waals surface area contributed by atoms with Crippen molar-refractivity contribution in [1.29, 1.82) is 0 Å². The molecular weight excluding hydrogens is 1610 g/mol. The van der Waals surface area contributed by atoms with Gasteiger partial charge in [0.25, 0.3) is 0 Å². The average Bonchev–Trinajstić information content (AvgIpc) is 1.38. The van der Waals surface area contributed by atoms with E-state index in [-0.39, 0.29) is 66.8 Å². The van der Waals surface area contributed by atoms with Crippen LogP contribution < -0.4 is 22.8 Å². The van der Waals surface area contributed by atoms with Crippen molar-refractivity contribution in [3.63, 3.8) is 0 Å². The normalized spacial score (nSPS) is 18.6. The second kappa shape index (κ2) is 43.8. The molecule has 2 aliphatic carbocycles. The molecular formula is C128H152N5+5. The highest BCUT2D eigenvalue weighted by Crippen LogP contribution is 2.43. The number of aromatic nitrogens is 5. The van der Waals surface area contributed by atoms with Gasteiger partial charge in [-0.05, 0) is 340 Å². The van der Waals surface area contributed by atoms with Gasteiger partial charge in [0.2, 0.25) is 28.5 Å². The van der Waals surface area contributed by atoms with Gasteiger partial charge in [-0.1, -0.05) is 263 Å². The second-order valence-electron chi connectivity index (χ2n) is 37.0. The Hall–Kier alpha value is -12.1. The van der Waals surface area contributed by atoms with Gasteiger partial charge in [-0.3, -0.25) is 0 Å². The van der Waals surface area contributed by atoms with Crippen LogP contribution in [0.3, 0.4) is 0 Å². The predicted octanol–water partition coefficient (Wildman–Crippen LogP) is 31.5. The molecule has 0 spiro atoms. The third kappa shape index (κ3) is 24.0.